The number of ether oxygens (including phenoxy) is 1. The van der Waals surface area contributed by atoms with Crippen molar-refractivity contribution in [2.75, 3.05) is 31.5 Å². The predicted octanol–water partition coefficient (Wildman–Crippen LogP) is 1.20. The van der Waals surface area contributed by atoms with Gasteiger partial charge in [-0.05, 0) is 38.5 Å². The van der Waals surface area contributed by atoms with Gasteiger partial charge in [0.2, 0.25) is 5.91 Å². The number of anilines is 1. The van der Waals surface area contributed by atoms with Crippen molar-refractivity contribution in [3.8, 4) is 0 Å². The summed E-state index contributed by atoms with van der Waals surface area (Å²) in [6, 6.07) is 6.24. The van der Waals surface area contributed by atoms with E-state index in [0.29, 0.717) is 37.6 Å². The fourth-order valence-corrected chi connectivity index (χ4v) is 4.53. The predicted molar refractivity (Wildman–Crippen MR) is 103 cm³/mol. The van der Waals surface area contributed by atoms with Gasteiger partial charge in [0.1, 0.15) is 5.84 Å². The molecule has 0 unspecified atom stereocenters. The van der Waals surface area contributed by atoms with E-state index in [4.69, 9.17) is 4.74 Å². The van der Waals surface area contributed by atoms with Crippen LogP contribution >= 0.6 is 0 Å². The lowest BCUT2D eigenvalue weighted by molar-refractivity contribution is -0.121. The topological polar surface area (TPSA) is 100 Å². The number of morpholine rings is 1. The molecular formula is C18H26N4O4S. The third-order valence-electron chi connectivity index (χ3n) is 4.42. The van der Waals surface area contributed by atoms with E-state index in [-0.39, 0.29) is 29.6 Å². The van der Waals surface area contributed by atoms with Crippen molar-refractivity contribution in [2.24, 2.45) is 4.99 Å². The summed E-state index contributed by atoms with van der Waals surface area (Å²) in [6.07, 6.45) is 1.65. The van der Waals surface area contributed by atoms with Crippen molar-refractivity contribution >= 4 is 27.5 Å². The van der Waals surface area contributed by atoms with Crippen molar-refractivity contribution in [3.63, 3.8) is 0 Å². The van der Waals surface area contributed by atoms with E-state index in [1.54, 1.807) is 12.1 Å². The Balaban J connectivity index is 1.62. The van der Waals surface area contributed by atoms with Gasteiger partial charge in [0.05, 0.1) is 23.6 Å². The Morgan fingerprint density at radius 3 is 2.70 bits per heavy atom. The maximum Gasteiger partial charge on any atom is 0.262 e. The van der Waals surface area contributed by atoms with E-state index in [0.717, 1.165) is 6.42 Å². The number of carbonyl (C=O) groups excluding carboxylic acids is 1. The van der Waals surface area contributed by atoms with Gasteiger partial charge in [0.15, 0.2) is 0 Å². The first-order valence-electron chi connectivity index (χ1n) is 9.16. The van der Waals surface area contributed by atoms with Gasteiger partial charge in [-0.2, -0.15) is 0 Å². The minimum Gasteiger partial charge on any atom is -0.373 e. The number of amides is 1. The molecule has 2 aliphatic heterocycles. The molecule has 148 valence electrons. The zero-order valence-corrected chi connectivity index (χ0v) is 16.5. The highest BCUT2D eigenvalue weighted by molar-refractivity contribution is 7.90. The zero-order chi connectivity index (χ0) is 19.4. The maximum atomic E-state index is 12.5. The number of sulfonamides is 1. The lowest BCUT2D eigenvalue weighted by Crippen LogP contribution is -2.48. The molecule has 0 bridgehead atoms. The molecule has 0 saturated carbocycles. The summed E-state index contributed by atoms with van der Waals surface area (Å²) >= 11 is 0. The molecule has 0 radical (unpaired) electrons. The molecule has 27 heavy (non-hydrogen) atoms. The lowest BCUT2D eigenvalue weighted by atomic mass is 10.2. The van der Waals surface area contributed by atoms with Gasteiger partial charge >= 0.3 is 0 Å². The van der Waals surface area contributed by atoms with Crippen LogP contribution in [0.2, 0.25) is 0 Å². The summed E-state index contributed by atoms with van der Waals surface area (Å²) in [7, 11) is -3.70. The van der Waals surface area contributed by atoms with Gasteiger partial charge in [-0.25, -0.2) is 8.42 Å². The van der Waals surface area contributed by atoms with Gasteiger partial charge in [0.25, 0.3) is 10.0 Å². The van der Waals surface area contributed by atoms with Crippen LogP contribution in [0.3, 0.4) is 0 Å². The molecule has 1 aromatic carbocycles. The van der Waals surface area contributed by atoms with Crippen molar-refractivity contribution in [1.82, 2.24) is 9.62 Å². The second kappa shape index (κ2) is 8.37. The number of aliphatic imine (C=N–C) groups is 1. The third kappa shape index (κ3) is 5.50. The molecular weight excluding hydrogens is 368 g/mol. The SMILES string of the molecule is C[C@H]1CN(CC(=O)Nc2cccc(S(=O)(=O)NC3=NCCC3)c2)C[C@H](C)O1. The van der Waals surface area contributed by atoms with Crippen LogP contribution in [0.1, 0.15) is 26.7 Å². The lowest BCUT2D eigenvalue weighted by Gasteiger charge is -2.34. The fraction of sp³-hybridized carbons (Fsp3) is 0.556. The maximum absolute atomic E-state index is 12.5. The van der Waals surface area contributed by atoms with E-state index < -0.39 is 10.0 Å². The third-order valence-corrected chi connectivity index (χ3v) is 5.80. The molecule has 1 aromatic rings. The van der Waals surface area contributed by atoms with Gasteiger partial charge in [-0.1, -0.05) is 6.07 Å². The number of nitrogens with one attached hydrogen (secondary N) is 2. The average Bonchev–Trinajstić information content (AvgIpc) is 3.06. The Hall–Kier alpha value is -1.97. The van der Waals surface area contributed by atoms with Crippen LogP contribution in [0, 0.1) is 0 Å². The van der Waals surface area contributed by atoms with Crippen LogP contribution in [0.15, 0.2) is 34.2 Å². The Morgan fingerprint density at radius 2 is 2.04 bits per heavy atom. The average molecular weight is 394 g/mol. The quantitative estimate of drug-likeness (QED) is 0.782. The largest absolute Gasteiger partial charge is 0.373 e. The number of hydrogen-bond acceptors (Lipinski definition) is 6. The molecule has 1 saturated heterocycles. The van der Waals surface area contributed by atoms with E-state index >= 15 is 0 Å². The minimum atomic E-state index is -3.70. The first kappa shape index (κ1) is 19.8. The molecule has 8 nitrogen and oxygen atoms in total. The Kier molecular flexibility index (Phi) is 6.13. The molecule has 0 aromatic heterocycles. The van der Waals surface area contributed by atoms with Crippen molar-refractivity contribution in [3.05, 3.63) is 24.3 Å². The molecule has 1 fully saturated rings. The van der Waals surface area contributed by atoms with Gasteiger partial charge in [-0.15, -0.1) is 0 Å². The fourth-order valence-electron chi connectivity index (χ4n) is 3.40. The molecule has 2 atom stereocenters. The number of carbonyl (C=O) groups is 1. The summed E-state index contributed by atoms with van der Waals surface area (Å²) in [5.74, 6) is 0.305. The standard InChI is InChI=1S/C18H26N4O4S/c1-13-10-22(11-14(2)26-13)12-18(23)20-15-5-3-6-16(9-15)27(24,25)21-17-7-4-8-19-17/h3,5-6,9,13-14H,4,7-8,10-12H2,1-2H3,(H,19,21)(H,20,23)/t13-,14-/m0/s1. The highest BCUT2D eigenvalue weighted by Crippen LogP contribution is 2.17. The summed E-state index contributed by atoms with van der Waals surface area (Å²) in [5.41, 5.74) is 0.450. The normalized spacial score (nSPS) is 23.7. The highest BCUT2D eigenvalue weighted by Gasteiger charge is 2.24. The van der Waals surface area contributed by atoms with Crippen LogP contribution in [0.25, 0.3) is 0 Å². The van der Waals surface area contributed by atoms with Gasteiger partial charge in [0, 0.05) is 31.7 Å². The van der Waals surface area contributed by atoms with Crippen molar-refractivity contribution in [1.29, 1.82) is 0 Å². The Labute approximate surface area is 160 Å². The summed E-state index contributed by atoms with van der Waals surface area (Å²) < 4.78 is 33.2. The van der Waals surface area contributed by atoms with E-state index in [2.05, 4.69) is 15.0 Å². The molecule has 0 spiro atoms. The summed E-state index contributed by atoms with van der Waals surface area (Å²) in [4.78, 5) is 18.6. The number of hydrogen-bond donors (Lipinski definition) is 2. The van der Waals surface area contributed by atoms with Crippen LogP contribution in [0.4, 0.5) is 5.69 Å². The molecule has 9 heteroatoms. The monoisotopic (exact) mass is 394 g/mol. The van der Waals surface area contributed by atoms with E-state index in [1.807, 2.05) is 18.7 Å². The Morgan fingerprint density at radius 1 is 1.30 bits per heavy atom. The number of rotatable bonds is 5. The molecule has 0 aliphatic carbocycles. The highest BCUT2D eigenvalue weighted by atomic mass is 32.2. The van der Waals surface area contributed by atoms with E-state index in [1.165, 1.54) is 12.1 Å². The molecule has 3 rings (SSSR count). The van der Waals surface area contributed by atoms with Crippen LogP contribution in [0.5, 0.6) is 0 Å². The summed E-state index contributed by atoms with van der Waals surface area (Å²) in [5, 5.41) is 2.78. The number of nitrogens with zero attached hydrogens (tertiary/aromatic N) is 2. The number of amidine groups is 1. The first-order chi connectivity index (χ1) is 12.8. The second-order valence-corrected chi connectivity index (χ2v) is 8.75. The molecule has 2 aliphatic rings. The van der Waals surface area contributed by atoms with Crippen molar-refractivity contribution in [2.45, 2.75) is 43.8 Å². The molecule has 2 heterocycles. The van der Waals surface area contributed by atoms with Gasteiger partial charge < -0.3 is 10.1 Å². The molecule has 1 amide bonds. The molecule has 2 N–H and O–H groups in total. The van der Waals surface area contributed by atoms with Crippen LogP contribution in [-0.2, 0) is 19.6 Å². The number of benzene rings is 1. The van der Waals surface area contributed by atoms with Gasteiger partial charge in [-0.3, -0.25) is 19.4 Å². The Bertz CT molecular complexity index is 814. The van der Waals surface area contributed by atoms with Crippen LogP contribution < -0.4 is 10.0 Å². The van der Waals surface area contributed by atoms with Crippen LogP contribution in [-0.4, -0.2) is 63.4 Å². The smallest absolute Gasteiger partial charge is 0.262 e. The zero-order valence-electron chi connectivity index (χ0n) is 15.6. The van der Waals surface area contributed by atoms with E-state index in [9.17, 15) is 13.2 Å². The summed E-state index contributed by atoms with van der Waals surface area (Å²) in [6.45, 7) is 6.24. The first-order valence-corrected chi connectivity index (χ1v) is 10.6. The van der Waals surface area contributed by atoms with Crippen molar-refractivity contribution < 1.29 is 17.9 Å². The second-order valence-electron chi connectivity index (χ2n) is 7.06. The minimum absolute atomic E-state index is 0.0830.